The maximum Gasteiger partial charge on any atom is 0.0750 e. The average Bonchev–Trinajstić information content (AvgIpc) is 1.85. The Morgan fingerprint density at radius 3 is 2.50 bits per heavy atom. The molecule has 3 heteroatoms. The van der Waals surface area contributed by atoms with Gasteiger partial charge in [0.25, 0.3) is 0 Å². The Bertz CT molecular complexity index is 113. The van der Waals surface area contributed by atoms with Gasteiger partial charge in [-0.15, -0.1) is 0 Å². The van der Waals surface area contributed by atoms with Crippen LogP contribution in [0.1, 0.15) is 27.7 Å². The molecule has 0 aliphatic carbocycles. The molecule has 0 aromatic rings. The normalized spacial score (nSPS) is 14.8. The Kier molecular flexibility index (Phi) is 5.46. The number of hydrogen-bond acceptors (Lipinski definition) is 3. The summed E-state index contributed by atoms with van der Waals surface area (Å²) >= 11 is 0. The van der Waals surface area contributed by atoms with E-state index in [-0.39, 0.29) is 11.7 Å². The van der Waals surface area contributed by atoms with Gasteiger partial charge in [-0.3, -0.25) is 0 Å². The highest BCUT2D eigenvalue weighted by atomic mass is 16.5. The first-order valence-corrected chi connectivity index (χ1v) is 4.50. The molecule has 0 saturated carbocycles. The van der Waals surface area contributed by atoms with E-state index in [1.807, 2.05) is 20.8 Å². The van der Waals surface area contributed by atoms with Crippen molar-refractivity contribution in [2.45, 2.75) is 39.4 Å². The number of nitrogens with one attached hydrogen (secondary N) is 1. The van der Waals surface area contributed by atoms with Gasteiger partial charge in [-0.05, 0) is 27.7 Å². The molecule has 0 heterocycles. The van der Waals surface area contributed by atoms with Crippen molar-refractivity contribution >= 4 is 0 Å². The summed E-state index contributed by atoms with van der Waals surface area (Å²) in [6, 6.07) is 0. The van der Waals surface area contributed by atoms with Crippen LogP contribution in [-0.2, 0) is 4.74 Å². The maximum atomic E-state index is 8.98. The molecule has 0 radical (unpaired) electrons. The predicted molar refractivity (Wildman–Crippen MR) is 50.3 cm³/mol. The molecule has 0 aromatic heterocycles. The van der Waals surface area contributed by atoms with Gasteiger partial charge in [-0.1, -0.05) is 0 Å². The number of hydrogen-bond donors (Lipinski definition) is 2. The van der Waals surface area contributed by atoms with Crippen molar-refractivity contribution in [1.82, 2.24) is 5.32 Å². The molecule has 0 aromatic carbocycles. The molecular weight excluding hydrogens is 154 g/mol. The van der Waals surface area contributed by atoms with Crippen LogP contribution in [0.2, 0.25) is 0 Å². The van der Waals surface area contributed by atoms with Gasteiger partial charge >= 0.3 is 0 Å². The van der Waals surface area contributed by atoms with Crippen molar-refractivity contribution in [3.63, 3.8) is 0 Å². The highest BCUT2D eigenvalue weighted by Gasteiger charge is 2.16. The van der Waals surface area contributed by atoms with Crippen molar-refractivity contribution in [3.8, 4) is 0 Å². The zero-order chi connectivity index (χ0) is 9.61. The monoisotopic (exact) mass is 175 g/mol. The second kappa shape index (κ2) is 5.51. The topological polar surface area (TPSA) is 41.5 Å². The van der Waals surface area contributed by atoms with E-state index in [2.05, 4.69) is 5.32 Å². The molecule has 0 fully saturated rings. The highest BCUT2D eigenvalue weighted by Crippen LogP contribution is 2.06. The number of aliphatic hydroxyl groups is 1. The zero-order valence-corrected chi connectivity index (χ0v) is 8.55. The summed E-state index contributed by atoms with van der Waals surface area (Å²) in [6.07, 6.45) is -0.289. The molecule has 12 heavy (non-hydrogen) atoms. The second-order valence-corrected chi connectivity index (χ2v) is 3.67. The molecule has 0 aliphatic rings. The molecule has 0 rings (SSSR count). The van der Waals surface area contributed by atoms with Gasteiger partial charge in [0, 0.05) is 19.7 Å². The average molecular weight is 175 g/mol. The third kappa shape index (κ3) is 6.58. The minimum Gasteiger partial charge on any atom is -0.392 e. The molecule has 0 aliphatic heterocycles. The number of aliphatic hydroxyl groups excluding tert-OH is 1. The summed E-state index contributed by atoms with van der Waals surface area (Å²) in [5, 5.41) is 12.1. The molecule has 0 amide bonds. The Balaban J connectivity index is 3.46. The van der Waals surface area contributed by atoms with Crippen molar-refractivity contribution in [3.05, 3.63) is 0 Å². The van der Waals surface area contributed by atoms with Crippen LogP contribution < -0.4 is 5.32 Å². The Labute approximate surface area is 75.1 Å². The third-order valence-electron chi connectivity index (χ3n) is 1.53. The zero-order valence-electron chi connectivity index (χ0n) is 8.55. The minimum absolute atomic E-state index is 0.135. The first-order chi connectivity index (χ1) is 5.48. The van der Waals surface area contributed by atoms with Crippen LogP contribution in [0.15, 0.2) is 0 Å². The quantitative estimate of drug-likeness (QED) is 0.626. The lowest BCUT2D eigenvalue weighted by molar-refractivity contribution is -0.0101. The van der Waals surface area contributed by atoms with Crippen LogP contribution in [0.4, 0.5) is 0 Å². The molecule has 3 nitrogen and oxygen atoms in total. The molecule has 0 saturated heterocycles. The molecular formula is C9H21NO2. The fourth-order valence-electron chi connectivity index (χ4n) is 1.02. The van der Waals surface area contributed by atoms with Gasteiger partial charge < -0.3 is 15.2 Å². The maximum absolute atomic E-state index is 8.98. The number of rotatable bonds is 6. The Hall–Kier alpha value is -0.120. The van der Waals surface area contributed by atoms with E-state index in [4.69, 9.17) is 9.84 Å². The molecule has 2 N–H and O–H groups in total. The molecule has 74 valence electrons. The van der Waals surface area contributed by atoms with Crippen LogP contribution in [-0.4, -0.2) is 36.5 Å². The highest BCUT2D eigenvalue weighted by molar-refractivity contribution is 4.71. The van der Waals surface area contributed by atoms with Crippen LogP contribution in [0.25, 0.3) is 0 Å². The first-order valence-electron chi connectivity index (χ1n) is 4.50. The standard InChI is InChI=1S/C9H21NO2/c1-5-12-9(3,4)7-10-6-8(2)11/h8,10-11H,5-7H2,1-4H3/t8-/m1/s1. The fraction of sp³-hybridized carbons (Fsp3) is 1.00. The second-order valence-electron chi connectivity index (χ2n) is 3.67. The molecule has 0 spiro atoms. The minimum atomic E-state index is -0.289. The first kappa shape index (κ1) is 11.9. The summed E-state index contributed by atoms with van der Waals surface area (Å²) in [5.41, 5.74) is -0.135. The van der Waals surface area contributed by atoms with Gasteiger partial charge in [0.1, 0.15) is 0 Å². The van der Waals surface area contributed by atoms with Crippen molar-refractivity contribution < 1.29 is 9.84 Å². The van der Waals surface area contributed by atoms with Gasteiger partial charge in [-0.2, -0.15) is 0 Å². The molecule has 0 bridgehead atoms. The summed E-state index contributed by atoms with van der Waals surface area (Å²) in [6.45, 7) is 9.93. The van der Waals surface area contributed by atoms with E-state index in [1.54, 1.807) is 6.92 Å². The Morgan fingerprint density at radius 1 is 1.50 bits per heavy atom. The van der Waals surface area contributed by atoms with E-state index in [0.717, 1.165) is 13.2 Å². The lowest BCUT2D eigenvalue weighted by Gasteiger charge is -2.25. The van der Waals surface area contributed by atoms with Crippen LogP contribution >= 0.6 is 0 Å². The largest absolute Gasteiger partial charge is 0.392 e. The summed E-state index contributed by atoms with van der Waals surface area (Å²) in [4.78, 5) is 0. The molecule has 1 atom stereocenters. The van der Waals surface area contributed by atoms with Crippen LogP contribution in [0.5, 0.6) is 0 Å². The van der Waals surface area contributed by atoms with E-state index in [0.29, 0.717) is 6.54 Å². The Morgan fingerprint density at radius 2 is 2.08 bits per heavy atom. The predicted octanol–water partition coefficient (Wildman–Crippen LogP) is 0.772. The van der Waals surface area contributed by atoms with Crippen molar-refractivity contribution in [2.24, 2.45) is 0 Å². The van der Waals surface area contributed by atoms with Gasteiger partial charge in [0.15, 0.2) is 0 Å². The number of ether oxygens (including phenoxy) is 1. The SMILES string of the molecule is CCOC(C)(C)CNC[C@@H](C)O. The van der Waals surface area contributed by atoms with Gasteiger partial charge in [-0.25, -0.2) is 0 Å². The smallest absolute Gasteiger partial charge is 0.0750 e. The summed E-state index contributed by atoms with van der Waals surface area (Å²) < 4.78 is 5.47. The van der Waals surface area contributed by atoms with E-state index in [1.165, 1.54) is 0 Å². The van der Waals surface area contributed by atoms with Crippen molar-refractivity contribution in [1.29, 1.82) is 0 Å². The lowest BCUT2D eigenvalue weighted by Crippen LogP contribution is -2.40. The fourth-order valence-corrected chi connectivity index (χ4v) is 1.02. The van der Waals surface area contributed by atoms with Crippen LogP contribution in [0.3, 0.4) is 0 Å². The summed E-state index contributed by atoms with van der Waals surface area (Å²) in [5.74, 6) is 0. The van der Waals surface area contributed by atoms with Crippen LogP contribution in [0, 0.1) is 0 Å². The third-order valence-corrected chi connectivity index (χ3v) is 1.53. The summed E-state index contributed by atoms with van der Waals surface area (Å²) in [7, 11) is 0. The van der Waals surface area contributed by atoms with Crippen molar-refractivity contribution in [2.75, 3.05) is 19.7 Å². The van der Waals surface area contributed by atoms with E-state index >= 15 is 0 Å². The van der Waals surface area contributed by atoms with E-state index < -0.39 is 0 Å². The van der Waals surface area contributed by atoms with E-state index in [9.17, 15) is 0 Å². The molecule has 0 unspecified atom stereocenters. The van der Waals surface area contributed by atoms with Gasteiger partial charge in [0.2, 0.25) is 0 Å². The van der Waals surface area contributed by atoms with Gasteiger partial charge in [0.05, 0.1) is 11.7 Å². The lowest BCUT2D eigenvalue weighted by atomic mass is 10.1.